The predicted molar refractivity (Wildman–Crippen MR) is 121 cm³/mol. The Morgan fingerprint density at radius 2 is 1.77 bits per heavy atom. The first kappa shape index (κ1) is 20.1. The van der Waals surface area contributed by atoms with E-state index in [0.717, 1.165) is 27.6 Å². The SMILES string of the molecule is NC1=Nc2ccc(CNCc3ccc(S(=O)(=O)N4CCOCC4)cc3)c3cccc1c23. The van der Waals surface area contributed by atoms with Crippen LogP contribution in [0, 0.1) is 0 Å². The van der Waals surface area contributed by atoms with E-state index in [-0.39, 0.29) is 0 Å². The van der Waals surface area contributed by atoms with Gasteiger partial charge in [-0.2, -0.15) is 4.31 Å². The maximum absolute atomic E-state index is 12.7. The van der Waals surface area contributed by atoms with Crippen LogP contribution in [-0.2, 0) is 27.8 Å². The maximum atomic E-state index is 12.7. The fraction of sp³-hybridized carbons (Fsp3) is 0.261. The summed E-state index contributed by atoms with van der Waals surface area (Å²) < 4.78 is 32.2. The molecule has 5 rings (SSSR count). The number of nitrogens with zero attached hydrogens (tertiary/aromatic N) is 2. The van der Waals surface area contributed by atoms with Gasteiger partial charge in [-0.05, 0) is 34.7 Å². The van der Waals surface area contributed by atoms with E-state index in [9.17, 15) is 8.42 Å². The zero-order chi connectivity index (χ0) is 21.4. The lowest BCUT2D eigenvalue weighted by atomic mass is 9.99. The van der Waals surface area contributed by atoms with Gasteiger partial charge in [0.1, 0.15) is 5.84 Å². The van der Waals surface area contributed by atoms with E-state index in [4.69, 9.17) is 10.5 Å². The predicted octanol–water partition coefficient (Wildman–Crippen LogP) is 2.50. The molecule has 3 N–H and O–H groups in total. The molecule has 0 spiro atoms. The third-order valence-electron chi connectivity index (χ3n) is 5.80. The normalized spacial score (nSPS) is 16.6. The van der Waals surface area contributed by atoms with Crippen molar-refractivity contribution >= 4 is 32.3 Å². The van der Waals surface area contributed by atoms with Crippen molar-refractivity contribution < 1.29 is 13.2 Å². The van der Waals surface area contributed by atoms with E-state index in [1.807, 2.05) is 30.3 Å². The molecule has 2 heterocycles. The lowest BCUT2D eigenvalue weighted by Gasteiger charge is -2.26. The van der Waals surface area contributed by atoms with Crippen LogP contribution in [0.4, 0.5) is 5.69 Å². The summed E-state index contributed by atoms with van der Waals surface area (Å²) in [6.07, 6.45) is 0. The molecular formula is C23H24N4O3S. The molecular weight excluding hydrogens is 412 g/mol. The van der Waals surface area contributed by atoms with Crippen molar-refractivity contribution in [3.8, 4) is 0 Å². The molecule has 0 radical (unpaired) electrons. The summed E-state index contributed by atoms with van der Waals surface area (Å²) in [7, 11) is -3.46. The average Bonchev–Trinajstić information content (AvgIpc) is 3.13. The third-order valence-corrected chi connectivity index (χ3v) is 7.71. The molecule has 0 saturated carbocycles. The first-order valence-electron chi connectivity index (χ1n) is 10.3. The number of hydrogen-bond donors (Lipinski definition) is 2. The lowest BCUT2D eigenvalue weighted by Crippen LogP contribution is -2.40. The topological polar surface area (TPSA) is 97.0 Å². The van der Waals surface area contributed by atoms with Gasteiger partial charge >= 0.3 is 0 Å². The molecule has 0 atom stereocenters. The van der Waals surface area contributed by atoms with Crippen molar-refractivity contribution in [1.29, 1.82) is 0 Å². The summed E-state index contributed by atoms with van der Waals surface area (Å²) in [4.78, 5) is 4.76. The molecule has 3 aromatic carbocycles. The number of ether oxygens (including phenoxy) is 1. The molecule has 0 aliphatic carbocycles. The summed E-state index contributed by atoms with van der Waals surface area (Å²) in [5.41, 5.74) is 10.2. The van der Waals surface area contributed by atoms with Gasteiger partial charge in [-0.15, -0.1) is 0 Å². The van der Waals surface area contributed by atoms with Gasteiger partial charge in [0.2, 0.25) is 10.0 Å². The van der Waals surface area contributed by atoms with Crippen LogP contribution < -0.4 is 11.1 Å². The van der Waals surface area contributed by atoms with Gasteiger partial charge in [0.05, 0.1) is 23.8 Å². The number of hydrogen-bond acceptors (Lipinski definition) is 6. The van der Waals surface area contributed by atoms with Crippen LogP contribution in [0.5, 0.6) is 0 Å². The van der Waals surface area contributed by atoms with E-state index in [1.165, 1.54) is 9.87 Å². The Hall–Kier alpha value is -2.78. The number of sulfonamides is 1. The number of benzene rings is 3. The molecule has 7 nitrogen and oxygen atoms in total. The van der Waals surface area contributed by atoms with Gasteiger partial charge in [0, 0.05) is 37.1 Å². The van der Waals surface area contributed by atoms with Gasteiger partial charge in [-0.1, -0.05) is 36.4 Å². The van der Waals surface area contributed by atoms with Crippen LogP contribution in [-0.4, -0.2) is 44.9 Å². The molecule has 1 fully saturated rings. The minimum absolute atomic E-state index is 0.322. The minimum Gasteiger partial charge on any atom is -0.383 e. The van der Waals surface area contributed by atoms with Gasteiger partial charge in [-0.25, -0.2) is 13.4 Å². The van der Waals surface area contributed by atoms with Crippen LogP contribution in [0.25, 0.3) is 10.8 Å². The average molecular weight is 437 g/mol. The van der Waals surface area contributed by atoms with E-state index in [2.05, 4.69) is 22.4 Å². The highest BCUT2D eigenvalue weighted by molar-refractivity contribution is 7.89. The minimum atomic E-state index is -3.46. The van der Waals surface area contributed by atoms with Crippen molar-refractivity contribution in [2.24, 2.45) is 10.7 Å². The van der Waals surface area contributed by atoms with Gasteiger partial charge in [-0.3, -0.25) is 0 Å². The van der Waals surface area contributed by atoms with E-state index in [1.54, 1.807) is 12.1 Å². The molecule has 0 unspecified atom stereocenters. The van der Waals surface area contributed by atoms with Crippen molar-refractivity contribution in [1.82, 2.24) is 9.62 Å². The molecule has 0 bridgehead atoms. The Kier molecular flexibility index (Phi) is 5.23. The number of nitrogens with one attached hydrogen (secondary N) is 1. The molecule has 2 aliphatic rings. The van der Waals surface area contributed by atoms with Crippen molar-refractivity contribution in [3.63, 3.8) is 0 Å². The Bertz CT molecular complexity index is 1260. The van der Waals surface area contributed by atoms with E-state index >= 15 is 0 Å². The second-order valence-electron chi connectivity index (χ2n) is 7.73. The molecule has 3 aromatic rings. The number of aliphatic imine (C=N–C) groups is 1. The first-order chi connectivity index (χ1) is 15.0. The molecule has 0 amide bonds. The van der Waals surface area contributed by atoms with Crippen LogP contribution in [0.15, 0.2) is 64.5 Å². The summed E-state index contributed by atoms with van der Waals surface area (Å²) in [6, 6.07) is 17.3. The summed E-state index contributed by atoms with van der Waals surface area (Å²) in [5.74, 6) is 0.567. The summed E-state index contributed by atoms with van der Waals surface area (Å²) in [6.45, 7) is 3.01. The quantitative estimate of drug-likeness (QED) is 0.619. The largest absolute Gasteiger partial charge is 0.383 e. The van der Waals surface area contributed by atoms with E-state index < -0.39 is 10.0 Å². The Morgan fingerprint density at radius 1 is 1.00 bits per heavy atom. The first-order valence-corrected chi connectivity index (χ1v) is 11.7. The van der Waals surface area contributed by atoms with Crippen molar-refractivity contribution in [3.05, 3.63) is 71.3 Å². The molecule has 1 saturated heterocycles. The number of rotatable bonds is 6. The van der Waals surface area contributed by atoms with Gasteiger partial charge in [0.25, 0.3) is 0 Å². The third kappa shape index (κ3) is 3.72. The zero-order valence-electron chi connectivity index (χ0n) is 17.0. The molecule has 2 aliphatic heterocycles. The second kappa shape index (κ2) is 8.05. The molecule has 31 heavy (non-hydrogen) atoms. The fourth-order valence-electron chi connectivity index (χ4n) is 4.16. The fourth-order valence-corrected chi connectivity index (χ4v) is 5.56. The van der Waals surface area contributed by atoms with Crippen LogP contribution in [0.1, 0.15) is 16.7 Å². The highest BCUT2D eigenvalue weighted by atomic mass is 32.2. The van der Waals surface area contributed by atoms with Crippen molar-refractivity contribution in [2.75, 3.05) is 26.3 Å². The molecule has 8 heteroatoms. The van der Waals surface area contributed by atoms with Gasteiger partial charge < -0.3 is 15.8 Å². The lowest BCUT2D eigenvalue weighted by molar-refractivity contribution is 0.0730. The molecule has 160 valence electrons. The number of amidine groups is 1. The maximum Gasteiger partial charge on any atom is 0.243 e. The Labute approximate surface area is 181 Å². The highest BCUT2D eigenvalue weighted by Gasteiger charge is 2.26. The number of morpholine rings is 1. The Morgan fingerprint density at radius 3 is 2.55 bits per heavy atom. The van der Waals surface area contributed by atoms with E-state index in [0.29, 0.717) is 50.1 Å². The van der Waals surface area contributed by atoms with Gasteiger partial charge in [0.15, 0.2) is 0 Å². The van der Waals surface area contributed by atoms with Crippen LogP contribution in [0.3, 0.4) is 0 Å². The zero-order valence-corrected chi connectivity index (χ0v) is 17.9. The summed E-state index contributed by atoms with van der Waals surface area (Å²) >= 11 is 0. The summed E-state index contributed by atoms with van der Waals surface area (Å²) in [5, 5.41) is 5.72. The standard InChI is InChI=1S/C23H24N4O3S/c24-23-20-3-1-2-19-17(6-9-21(26-23)22(19)20)15-25-14-16-4-7-18(8-5-16)31(28,29)27-10-12-30-13-11-27/h1-9,25H,10-15H2,(H2,24,26). The Balaban J connectivity index is 1.26. The highest BCUT2D eigenvalue weighted by Crippen LogP contribution is 2.36. The number of nitrogens with two attached hydrogens (primary N) is 1. The second-order valence-corrected chi connectivity index (χ2v) is 9.67. The molecule has 0 aromatic heterocycles. The van der Waals surface area contributed by atoms with Crippen LogP contribution >= 0.6 is 0 Å². The van der Waals surface area contributed by atoms with Crippen molar-refractivity contribution in [2.45, 2.75) is 18.0 Å². The monoisotopic (exact) mass is 436 g/mol. The smallest absolute Gasteiger partial charge is 0.243 e. The van der Waals surface area contributed by atoms with Crippen LogP contribution in [0.2, 0.25) is 0 Å².